The summed E-state index contributed by atoms with van der Waals surface area (Å²) in [5.74, 6) is 0. The number of nitrogens with two attached hydrogens (primary N) is 1. The van der Waals surface area contributed by atoms with Gasteiger partial charge in [-0.3, -0.25) is 0 Å². The highest BCUT2D eigenvalue weighted by atomic mass is 28.3. The topological polar surface area (TPSA) is 29.3 Å². The van der Waals surface area contributed by atoms with Crippen LogP contribution in [0.4, 0.5) is 17.1 Å². The summed E-state index contributed by atoms with van der Waals surface area (Å²) in [7, 11) is -1.41. The lowest BCUT2D eigenvalue weighted by Gasteiger charge is -2.35. The van der Waals surface area contributed by atoms with E-state index in [0.29, 0.717) is 0 Å². The highest BCUT2D eigenvalue weighted by Gasteiger charge is 2.29. The molecule has 0 unspecified atom stereocenters. The molecule has 38 heavy (non-hydrogen) atoms. The third-order valence-electron chi connectivity index (χ3n) is 8.22. The number of unbranched alkanes of at least 4 members (excludes halogenated alkanes) is 1. The zero-order valence-corrected chi connectivity index (χ0v) is 24.9. The summed E-state index contributed by atoms with van der Waals surface area (Å²) in [5.41, 5.74) is 13.7. The van der Waals surface area contributed by atoms with Gasteiger partial charge in [0.1, 0.15) is 0 Å². The minimum Gasteiger partial charge on any atom is -0.321 e. The first-order chi connectivity index (χ1) is 18.3. The van der Waals surface area contributed by atoms with Crippen LogP contribution in [0.2, 0.25) is 19.1 Å². The highest BCUT2D eigenvalue weighted by molar-refractivity contribution is 6.89. The molecule has 0 saturated heterocycles. The lowest BCUT2D eigenvalue weighted by Crippen LogP contribution is -2.40. The highest BCUT2D eigenvalue weighted by Crippen LogP contribution is 2.43. The molecule has 0 atom stereocenters. The van der Waals surface area contributed by atoms with E-state index in [1.807, 2.05) is 0 Å². The van der Waals surface area contributed by atoms with Gasteiger partial charge in [-0.15, -0.1) is 0 Å². The van der Waals surface area contributed by atoms with Crippen LogP contribution in [0.3, 0.4) is 0 Å². The Morgan fingerprint density at radius 2 is 1.21 bits per heavy atom. The second kappa shape index (κ2) is 12.1. The maximum absolute atomic E-state index is 7.09. The molecule has 2 N–H and O–H groups in total. The molecule has 0 aromatic heterocycles. The third-order valence-corrected chi connectivity index (χ3v) is 11.7. The van der Waals surface area contributed by atoms with Gasteiger partial charge >= 0.3 is 0 Å². The van der Waals surface area contributed by atoms with Gasteiger partial charge in [0, 0.05) is 16.9 Å². The Morgan fingerprint density at radius 3 is 1.71 bits per heavy atom. The van der Waals surface area contributed by atoms with Crippen LogP contribution in [0.5, 0.6) is 0 Å². The van der Waals surface area contributed by atoms with Crippen LogP contribution in [0.15, 0.2) is 103 Å². The molecule has 3 heteroatoms. The third kappa shape index (κ3) is 5.95. The molecule has 0 fully saturated rings. The lowest BCUT2D eigenvalue weighted by atomic mass is 9.83. The molecule has 4 aromatic carbocycles. The van der Waals surface area contributed by atoms with Crippen molar-refractivity contribution < 1.29 is 0 Å². The number of hydrogen-bond donors (Lipinski definition) is 1. The van der Waals surface area contributed by atoms with Crippen molar-refractivity contribution in [2.24, 2.45) is 5.73 Å². The van der Waals surface area contributed by atoms with Gasteiger partial charge in [0.15, 0.2) is 0 Å². The van der Waals surface area contributed by atoms with Crippen LogP contribution in [0, 0.1) is 0 Å². The monoisotopic (exact) mass is 520 g/mol. The van der Waals surface area contributed by atoms with E-state index in [1.165, 1.54) is 35.6 Å². The number of nitrogens with zero attached hydrogens (tertiary/aromatic N) is 1. The van der Waals surface area contributed by atoms with Crippen molar-refractivity contribution in [1.82, 2.24) is 0 Å². The van der Waals surface area contributed by atoms with Gasteiger partial charge in [-0.25, -0.2) is 0 Å². The van der Waals surface area contributed by atoms with Gasteiger partial charge in [0.2, 0.25) is 0 Å². The van der Waals surface area contributed by atoms with Crippen molar-refractivity contribution in [2.45, 2.75) is 71.1 Å². The number of anilines is 3. The van der Waals surface area contributed by atoms with Gasteiger partial charge in [-0.2, -0.15) is 0 Å². The van der Waals surface area contributed by atoms with Crippen LogP contribution in [0.1, 0.15) is 52.0 Å². The second-order valence-corrected chi connectivity index (χ2v) is 16.0. The normalized spacial score (nSPS) is 11.9. The molecule has 0 aliphatic heterocycles. The van der Waals surface area contributed by atoms with Crippen molar-refractivity contribution in [3.8, 4) is 11.1 Å². The van der Waals surface area contributed by atoms with E-state index < -0.39 is 13.6 Å². The average molecular weight is 521 g/mol. The van der Waals surface area contributed by atoms with Crippen molar-refractivity contribution in [3.05, 3.63) is 109 Å². The zero-order chi connectivity index (χ0) is 27.2. The van der Waals surface area contributed by atoms with E-state index in [4.69, 9.17) is 5.73 Å². The van der Waals surface area contributed by atoms with Gasteiger partial charge in [-0.1, -0.05) is 131 Å². The Bertz CT molecular complexity index is 1250. The molecule has 2 nitrogen and oxygen atoms in total. The van der Waals surface area contributed by atoms with E-state index in [2.05, 4.69) is 142 Å². The molecule has 0 amide bonds. The minimum atomic E-state index is -1.41. The van der Waals surface area contributed by atoms with Gasteiger partial charge in [-0.05, 0) is 59.9 Å². The van der Waals surface area contributed by atoms with Gasteiger partial charge in [0.05, 0.1) is 13.8 Å². The molecule has 198 valence electrons. The molecule has 0 aliphatic rings. The van der Waals surface area contributed by atoms with Crippen LogP contribution in [0.25, 0.3) is 11.1 Å². The molecule has 0 spiro atoms. The Balaban J connectivity index is 1.87. The summed E-state index contributed by atoms with van der Waals surface area (Å²) >= 11 is 0. The predicted molar refractivity (Wildman–Crippen MR) is 170 cm³/mol. The Labute approximate surface area is 231 Å². The van der Waals surface area contributed by atoms with Gasteiger partial charge < -0.3 is 10.6 Å². The smallest absolute Gasteiger partial charge is 0.0806 e. The Kier molecular flexibility index (Phi) is 8.91. The summed E-state index contributed by atoms with van der Waals surface area (Å²) in [5, 5.41) is 1.54. The van der Waals surface area contributed by atoms with E-state index >= 15 is 0 Å². The van der Waals surface area contributed by atoms with Crippen molar-refractivity contribution >= 4 is 30.3 Å². The van der Waals surface area contributed by atoms with Crippen LogP contribution in [-0.2, 0) is 5.54 Å². The van der Waals surface area contributed by atoms with Crippen LogP contribution >= 0.6 is 0 Å². The molecule has 4 aromatic rings. The number of para-hydroxylation sites is 2. The van der Waals surface area contributed by atoms with E-state index in [0.717, 1.165) is 29.9 Å². The Hall–Kier alpha value is -3.14. The molecule has 4 rings (SSSR count). The summed E-state index contributed by atoms with van der Waals surface area (Å²) in [6, 6.07) is 38.9. The lowest BCUT2D eigenvalue weighted by molar-refractivity contribution is 0.413. The second-order valence-electron chi connectivity index (χ2n) is 11.2. The first kappa shape index (κ1) is 27.9. The summed E-state index contributed by atoms with van der Waals surface area (Å²) in [4.78, 5) is 2.36. The fourth-order valence-corrected chi connectivity index (χ4v) is 8.00. The van der Waals surface area contributed by atoms with Crippen molar-refractivity contribution in [2.75, 3.05) is 4.90 Å². The first-order valence-electron chi connectivity index (χ1n) is 14.3. The maximum atomic E-state index is 7.09. The molecular weight excluding hydrogens is 476 g/mol. The number of rotatable bonds is 11. The summed E-state index contributed by atoms with van der Waals surface area (Å²) in [6.45, 7) is 11.7. The first-order valence-corrected chi connectivity index (χ1v) is 17.5. The molecule has 0 radical (unpaired) electrons. The average Bonchev–Trinajstić information content (AvgIpc) is 2.97. The number of benzene rings is 4. The van der Waals surface area contributed by atoms with E-state index in [1.54, 1.807) is 5.19 Å². The van der Waals surface area contributed by atoms with Crippen LogP contribution < -0.4 is 15.8 Å². The molecule has 0 saturated carbocycles. The van der Waals surface area contributed by atoms with Gasteiger partial charge in [0.25, 0.3) is 0 Å². The molecule has 0 aliphatic carbocycles. The molecule has 0 bridgehead atoms. The summed E-state index contributed by atoms with van der Waals surface area (Å²) in [6.07, 6.45) is 4.33. The predicted octanol–water partition coefficient (Wildman–Crippen LogP) is 9.51. The zero-order valence-electron chi connectivity index (χ0n) is 23.9. The fourth-order valence-electron chi connectivity index (χ4n) is 5.41. The Morgan fingerprint density at radius 1 is 0.684 bits per heavy atom. The largest absolute Gasteiger partial charge is 0.321 e. The quantitative estimate of drug-likeness (QED) is 0.199. The summed E-state index contributed by atoms with van der Waals surface area (Å²) < 4.78 is 0. The maximum Gasteiger partial charge on any atom is 0.0806 e. The standard InChI is InChI=1S/C35H44N2Si/c1-6-9-26-38(4,5)32-23-20-28(21-24-32)29-22-25-33(35(36,7-2)8-3)34(27-29)37(30-16-12-10-13-17-30)31-18-14-11-15-19-31/h10-25,27H,6-9,26,36H2,1-5H3. The minimum absolute atomic E-state index is 0.408. The fraction of sp³-hybridized carbons (Fsp3) is 0.314. The molecule has 0 heterocycles. The SMILES string of the molecule is CCCC[Si](C)(C)c1ccc(-c2ccc(C(N)(CC)CC)c(N(c3ccccc3)c3ccccc3)c2)cc1. The van der Waals surface area contributed by atoms with Crippen molar-refractivity contribution in [1.29, 1.82) is 0 Å². The molecular formula is C35H44N2Si. The van der Waals surface area contributed by atoms with E-state index in [9.17, 15) is 0 Å². The number of hydrogen-bond acceptors (Lipinski definition) is 2. The van der Waals surface area contributed by atoms with E-state index in [-0.39, 0.29) is 0 Å². The van der Waals surface area contributed by atoms with Crippen LogP contribution in [-0.4, -0.2) is 8.07 Å². The van der Waals surface area contributed by atoms with Crippen molar-refractivity contribution in [3.63, 3.8) is 0 Å².